The summed E-state index contributed by atoms with van der Waals surface area (Å²) in [5.41, 5.74) is 0.713. The van der Waals surface area contributed by atoms with Gasteiger partial charge >= 0.3 is 0 Å². The monoisotopic (exact) mass is 393 g/mol. The van der Waals surface area contributed by atoms with E-state index in [1.807, 2.05) is 0 Å². The number of nitrogens with zero attached hydrogens (tertiary/aromatic N) is 3. The van der Waals surface area contributed by atoms with Crippen molar-refractivity contribution in [2.75, 3.05) is 13.7 Å². The van der Waals surface area contributed by atoms with Crippen LogP contribution in [-0.4, -0.2) is 40.8 Å². The normalized spacial score (nSPS) is 15.2. The van der Waals surface area contributed by atoms with Gasteiger partial charge < -0.3 is 9.30 Å². The lowest BCUT2D eigenvalue weighted by Gasteiger charge is -2.10. The number of benzene rings is 1. The molecule has 0 unspecified atom stereocenters. The number of methoxy groups -OCH3 is 1. The first-order chi connectivity index (χ1) is 12.5. The second-order valence-corrected chi connectivity index (χ2v) is 6.98. The zero-order valence-corrected chi connectivity index (χ0v) is 15.6. The number of hydrogen-bond donors (Lipinski definition) is 0. The van der Waals surface area contributed by atoms with Gasteiger partial charge in [-0.05, 0) is 12.1 Å². The van der Waals surface area contributed by atoms with Crippen LogP contribution in [0.4, 0.5) is 0 Å². The zero-order valence-electron chi connectivity index (χ0n) is 14.0. The molecule has 136 valence electrons. The number of allylic oxidation sites excluding steroid dienone is 1. The summed E-state index contributed by atoms with van der Waals surface area (Å²) in [7, 11) is 1.55. The van der Waals surface area contributed by atoms with Gasteiger partial charge in [0, 0.05) is 19.4 Å². The SMILES string of the molecule is C=CCn1c(=NC(=O)CN2C(=O)CCC2=O)sc2c(Cl)ccc(OC)c21. The molecule has 0 atom stereocenters. The molecule has 0 saturated carbocycles. The summed E-state index contributed by atoms with van der Waals surface area (Å²) in [5.74, 6) is -0.675. The van der Waals surface area contributed by atoms with Crippen LogP contribution in [0.2, 0.25) is 5.02 Å². The number of rotatable bonds is 5. The molecule has 0 spiro atoms. The number of carbonyl (C=O) groups is 3. The molecule has 1 aliphatic rings. The minimum atomic E-state index is -0.576. The third-order valence-corrected chi connectivity index (χ3v) is 5.48. The van der Waals surface area contributed by atoms with Gasteiger partial charge in [0.1, 0.15) is 17.8 Å². The van der Waals surface area contributed by atoms with E-state index in [1.165, 1.54) is 11.3 Å². The first-order valence-corrected chi connectivity index (χ1v) is 9.03. The minimum absolute atomic E-state index is 0.137. The average Bonchev–Trinajstić information content (AvgIpc) is 3.12. The maximum atomic E-state index is 12.3. The molecule has 2 aromatic rings. The van der Waals surface area contributed by atoms with Gasteiger partial charge in [0.2, 0.25) is 11.8 Å². The van der Waals surface area contributed by atoms with Crippen LogP contribution < -0.4 is 9.54 Å². The number of ether oxygens (including phenoxy) is 1. The lowest BCUT2D eigenvalue weighted by Crippen LogP contribution is -2.34. The van der Waals surface area contributed by atoms with Gasteiger partial charge in [0.25, 0.3) is 5.91 Å². The van der Waals surface area contributed by atoms with E-state index in [-0.39, 0.29) is 31.2 Å². The van der Waals surface area contributed by atoms with Crippen LogP contribution in [-0.2, 0) is 20.9 Å². The molecule has 1 fully saturated rings. The zero-order chi connectivity index (χ0) is 18.8. The van der Waals surface area contributed by atoms with Gasteiger partial charge in [-0.15, -0.1) is 6.58 Å². The Kier molecular flexibility index (Phi) is 5.24. The van der Waals surface area contributed by atoms with Crippen LogP contribution in [0.3, 0.4) is 0 Å². The van der Waals surface area contributed by atoms with Crippen LogP contribution >= 0.6 is 22.9 Å². The van der Waals surface area contributed by atoms with E-state index in [1.54, 1.807) is 29.9 Å². The lowest BCUT2D eigenvalue weighted by atomic mass is 10.3. The fourth-order valence-electron chi connectivity index (χ4n) is 2.75. The molecule has 3 amide bonds. The van der Waals surface area contributed by atoms with Crippen molar-refractivity contribution in [2.24, 2.45) is 4.99 Å². The van der Waals surface area contributed by atoms with Crippen LogP contribution in [0.1, 0.15) is 12.8 Å². The molecule has 0 aliphatic carbocycles. The molecular formula is C17H16ClN3O4S. The van der Waals surface area contributed by atoms with Gasteiger partial charge in [0.05, 0.1) is 16.8 Å². The van der Waals surface area contributed by atoms with Gasteiger partial charge in [-0.25, -0.2) is 0 Å². The van der Waals surface area contributed by atoms with E-state index in [2.05, 4.69) is 11.6 Å². The maximum absolute atomic E-state index is 12.3. The molecule has 9 heteroatoms. The summed E-state index contributed by atoms with van der Waals surface area (Å²) in [6, 6.07) is 3.45. The predicted octanol–water partition coefficient (Wildman–Crippen LogP) is 2.13. The summed E-state index contributed by atoms with van der Waals surface area (Å²) in [6.45, 7) is 3.77. The van der Waals surface area contributed by atoms with Gasteiger partial charge in [-0.2, -0.15) is 4.99 Å². The number of amides is 3. The lowest BCUT2D eigenvalue weighted by molar-refractivity contribution is -0.141. The molecular weight excluding hydrogens is 378 g/mol. The number of fused-ring (bicyclic) bond motifs is 1. The standard InChI is InChI=1S/C17H16ClN3O4S/c1-3-8-20-15-11(25-2)5-4-10(18)16(15)26-17(20)19-12(22)9-21-13(23)6-7-14(21)24/h3-5H,1,6-9H2,2H3. The van der Waals surface area contributed by atoms with Crippen molar-refractivity contribution in [1.29, 1.82) is 0 Å². The Morgan fingerprint density at radius 1 is 1.38 bits per heavy atom. The molecule has 1 aromatic carbocycles. The number of halogens is 1. The third-order valence-electron chi connectivity index (χ3n) is 3.94. The predicted molar refractivity (Wildman–Crippen MR) is 98.1 cm³/mol. The molecule has 2 heterocycles. The molecule has 3 rings (SSSR count). The Labute approximate surface area is 158 Å². The van der Waals surface area contributed by atoms with Crippen molar-refractivity contribution in [3.05, 3.63) is 34.6 Å². The number of hydrogen-bond acceptors (Lipinski definition) is 5. The van der Waals surface area contributed by atoms with Crippen molar-refractivity contribution in [3.8, 4) is 5.75 Å². The van der Waals surface area contributed by atoms with E-state index in [0.717, 1.165) is 9.60 Å². The Balaban J connectivity index is 2.07. The smallest absolute Gasteiger partial charge is 0.268 e. The second-order valence-electron chi connectivity index (χ2n) is 5.59. The number of likely N-dealkylation sites (tertiary alicyclic amines) is 1. The highest BCUT2D eigenvalue weighted by Gasteiger charge is 2.30. The Bertz CT molecular complexity index is 976. The summed E-state index contributed by atoms with van der Waals surface area (Å²) in [5, 5.41) is 0.516. The average molecular weight is 394 g/mol. The van der Waals surface area contributed by atoms with Crippen LogP contribution in [0.5, 0.6) is 5.75 Å². The van der Waals surface area contributed by atoms with Crippen molar-refractivity contribution in [1.82, 2.24) is 9.47 Å². The van der Waals surface area contributed by atoms with Gasteiger partial charge in [0.15, 0.2) is 4.80 Å². The number of carbonyl (C=O) groups excluding carboxylic acids is 3. The molecule has 1 aliphatic heterocycles. The van der Waals surface area contributed by atoms with Crippen LogP contribution in [0.25, 0.3) is 10.2 Å². The minimum Gasteiger partial charge on any atom is -0.495 e. The fourth-order valence-corrected chi connectivity index (χ4v) is 4.09. The Hall–Kier alpha value is -2.45. The van der Waals surface area contributed by atoms with E-state index in [4.69, 9.17) is 16.3 Å². The number of imide groups is 1. The number of aromatic nitrogens is 1. The molecule has 7 nitrogen and oxygen atoms in total. The second kappa shape index (κ2) is 7.43. The highest BCUT2D eigenvalue weighted by atomic mass is 35.5. The maximum Gasteiger partial charge on any atom is 0.268 e. The van der Waals surface area contributed by atoms with Gasteiger partial charge in [-0.1, -0.05) is 29.0 Å². The van der Waals surface area contributed by atoms with Crippen LogP contribution in [0, 0.1) is 0 Å². The van der Waals surface area contributed by atoms with Crippen molar-refractivity contribution in [2.45, 2.75) is 19.4 Å². The topological polar surface area (TPSA) is 81.0 Å². The molecule has 0 bridgehead atoms. The summed E-state index contributed by atoms with van der Waals surface area (Å²) in [4.78, 5) is 41.1. The highest BCUT2D eigenvalue weighted by molar-refractivity contribution is 7.17. The summed E-state index contributed by atoms with van der Waals surface area (Å²) < 4.78 is 7.89. The fraction of sp³-hybridized carbons (Fsp3) is 0.294. The quantitative estimate of drug-likeness (QED) is 0.575. The molecule has 0 N–H and O–H groups in total. The largest absolute Gasteiger partial charge is 0.495 e. The Morgan fingerprint density at radius 2 is 2.08 bits per heavy atom. The summed E-state index contributed by atoms with van der Waals surface area (Å²) in [6.07, 6.45) is 1.94. The van der Waals surface area contributed by atoms with E-state index >= 15 is 0 Å². The third kappa shape index (κ3) is 3.30. The molecule has 1 saturated heterocycles. The molecule has 1 aromatic heterocycles. The molecule has 0 radical (unpaired) electrons. The van der Waals surface area contributed by atoms with E-state index in [0.29, 0.717) is 27.6 Å². The Morgan fingerprint density at radius 3 is 2.69 bits per heavy atom. The van der Waals surface area contributed by atoms with E-state index < -0.39 is 5.91 Å². The summed E-state index contributed by atoms with van der Waals surface area (Å²) >= 11 is 7.51. The van der Waals surface area contributed by atoms with Crippen molar-refractivity contribution < 1.29 is 19.1 Å². The van der Waals surface area contributed by atoms with Crippen LogP contribution in [0.15, 0.2) is 29.8 Å². The number of thiazole rings is 1. The van der Waals surface area contributed by atoms with Crippen molar-refractivity contribution in [3.63, 3.8) is 0 Å². The van der Waals surface area contributed by atoms with E-state index in [9.17, 15) is 14.4 Å². The first-order valence-electron chi connectivity index (χ1n) is 7.83. The molecule has 26 heavy (non-hydrogen) atoms. The highest BCUT2D eigenvalue weighted by Crippen LogP contribution is 2.33. The van der Waals surface area contributed by atoms with Crippen molar-refractivity contribution >= 4 is 50.9 Å². The van der Waals surface area contributed by atoms with Gasteiger partial charge in [-0.3, -0.25) is 19.3 Å². The first kappa shape index (κ1) is 18.3.